The van der Waals surface area contributed by atoms with E-state index in [2.05, 4.69) is 20.1 Å². The van der Waals surface area contributed by atoms with Crippen molar-refractivity contribution in [2.75, 3.05) is 5.73 Å². The highest BCUT2D eigenvalue weighted by molar-refractivity contribution is 6.22. The largest absolute Gasteiger partial charge is 0.416 e. The number of nitrogens with zero attached hydrogens (tertiary/aromatic N) is 5. The lowest BCUT2D eigenvalue weighted by Crippen LogP contribution is -2.14. The van der Waals surface area contributed by atoms with Crippen molar-refractivity contribution >= 4 is 23.6 Å². The molecule has 14 heteroatoms. The molecule has 8 nitrogen and oxygen atoms in total. The summed E-state index contributed by atoms with van der Waals surface area (Å²) in [5, 5.41) is 3.81. The second-order valence-electron chi connectivity index (χ2n) is 6.08. The Hall–Kier alpha value is -3.97. The lowest BCUT2D eigenvalue weighted by Gasteiger charge is -2.13. The average Bonchev–Trinajstić information content (AvgIpc) is 3.14. The third-order valence-electron chi connectivity index (χ3n) is 3.86. The summed E-state index contributed by atoms with van der Waals surface area (Å²) in [5.74, 6) is -1.44. The number of benzene rings is 1. The predicted molar refractivity (Wildman–Crippen MR) is 95.3 cm³/mol. The molecule has 0 saturated carbocycles. The first-order chi connectivity index (χ1) is 14.3. The Morgan fingerprint density at radius 1 is 0.935 bits per heavy atom. The highest BCUT2D eigenvalue weighted by Gasteiger charge is 2.37. The van der Waals surface area contributed by atoms with Crippen LogP contribution in [0.3, 0.4) is 0 Å². The Balaban J connectivity index is 2.06. The molecule has 0 fully saturated rings. The van der Waals surface area contributed by atoms with Crippen LogP contribution in [0.15, 0.2) is 36.9 Å². The van der Waals surface area contributed by atoms with Crippen molar-refractivity contribution in [1.82, 2.24) is 24.7 Å². The molecule has 31 heavy (non-hydrogen) atoms. The summed E-state index contributed by atoms with van der Waals surface area (Å²) in [7, 11) is 0. The average molecular weight is 443 g/mol. The number of carbonyl (C=O) groups excluding carboxylic acids is 1. The summed E-state index contributed by atoms with van der Waals surface area (Å²) in [6, 6.07) is 0.968. The van der Waals surface area contributed by atoms with E-state index in [1.54, 1.807) is 0 Å². The lowest BCUT2D eigenvalue weighted by molar-refractivity contribution is -0.143. The topological polar surface area (TPSA) is 126 Å². The number of rotatable bonds is 4. The maximum atomic E-state index is 13.0. The summed E-state index contributed by atoms with van der Waals surface area (Å²) >= 11 is 0. The van der Waals surface area contributed by atoms with Gasteiger partial charge in [-0.25, -0.2) is 19.6 Å². The van der Waals surface area contributed by atoms with E-state index in [0.29, 0.717) is 12.1 Å². The van der Waals surface area contributed by atoms with E-state index in [1.807, 2.05) is 0 Å². The van der Waals surface area contributed by atoms with Crippen molar-refractivity contribution in [1.29, 1.82) is 0 Å². The van der Waals surface area contributed by atoms with Crippen molar-refractivity contribution in [2.45, 2.75) is 12.4 Å². The van der Waals surface area contributed by atoms with E-state index < -0.39 is 40.8 Å². The van der Waals surface area contributed by atoms with Crippen LogP contribution in [-0.2, 0) is 17.1 Å². The molecule has 0 unspecified atom stereocenters. The molecule has 0 aliphatic carbocycles. The van der Waals surface area contributed by atoms with Crippen LogP contribution in [0.4, 0.5) is 32.3 Å². The van der Waals surface area contributed by atoms with E-state index >= 15 is 0 Å². The first-order valence-electron chi connectivity index (χ1n) is 8.15. The number of primary amides is 1. The second-order valence-corrected chi connectivity index (χ2v) is 6.08. The Bertz CT molecular complexity index is 1120. The number of halogens is 6. The minimum Gasteiger partial charge on any atom is -0.368 e. The molecular formula is C17H11F6N7O. The molecule has 0 saturated heterocycles. The maximum Gasteiger partial charge on any atom is 0.416 e. The Labute approximate surface area is 169 Å². The van der Waals surface area contributed by atoms with Gasteiger partial charge in [-0.2, -0.15) is 26.3 Å². The number of anilines is 1. The zero-order valence-corrected chi connectivity index (χ0v) is 15.1. The molecule has 2 aromatic heterocycles. The standard InChI is InChI=1S/C17H11F6N7O/c18-16(19,20)10-1-8(2-11(3-10)17(21,22)23)14-28-7-30(29-14)6-12(13(24)31)9-4-26-15(25)27-5-9/h1-7H,(H2,24,31)(H2,25,26,27)/b12-6+. The van der Waals surface area contributed by atoms with Crippen LogP contribution in [0.1, 0.15) is 16.7 Å². The zero-order chi connectivity index (χ0) is 23.0. The fourth-order valence-electron chi connectivity index (χ4n) is 2.44. The summed E-state index contributed by atoms with van der Waals surface area (Å²) in [6.45, 7) is 0. The summed E-state index contributed by atoms with van der Waals surface area (Å²) in [4.78, 5) is 22.9. The monoisotopic (exact) mass is 443 g/mol. The number of hydrogen-bond acceptors (Lipinski definition) is 6. The van der Waals surface area contributed by atoms with Crippen LogP contribution in [0.25, 0.3) is 23.2 Å². The molecule has 0 radical (unpaired) electrons. The fourth-order valence-corrected chi connectivity index (χ4v) is 2.44. The Morgan fingerprint density at radius 2 is 1.48 bits per heavy atom. The molecule has 0 atom stereocenters. The highest BCUT2D eigenvalue weighted by atomic mass is 19.4. The second kappa shape index (κ2) is 7.70. The van der Waals surface area contributed by atoms with Crippen LogP contribution in [0.2, 0.25) is 0 Å². The van der Waals surface area contributed by atoms with Gasteiger partial charge in [-0.3, -0.25) is 4.79 Å². The van der Waals surface area contributed by atoms with Gasteiger partial charge in [0.25, 0.3) is 5.91 Å². The van der Waals surface area contributed by atoms with Gasteiger partial charge in [-0.1, -0.05) is 0 Å². The maximum absolute atomic E-state index is 13.0. The van der Waals surface area contributed by atoms with Gasteiger partial charge < -0.3 is 11.5 Å². The first kappa shape index (κ1) is 21.7. The molecule has 3 rings (SSSR count). The van der Waals surface area contributed by atoms with Crippen molar-refractivity contribution in [3.63, 3.8) is 0 Å². The molecular weight excluding hydrogens is 432 g/mol. The quantitative estimate of drug-likeness (QED) is 0.472. The predicted octanol–water partition coefficient (Wildman–Crippen LogP) is 2.84. The number of nitrogen functional groups attached to an aromatic ring is 1. The summed E-state index contributed by atoms with van der Waals surface area (Å²) < 4.78 is 79.1. The van der Waals surface area contributed by atoms with Crippen LogP contribution < -0.4 is 11.5 Å². The van der Waals surface area contributed by atoms with Crippen LogP contribution in [-0.4, -0.2) is 30.6 Å². The molecule has 0 aliphatic rings. The van der Waals surface area contributed by atoms with Crippen LogP contribution in [0, 0.1) is 0 Å². The number of aromatic nitrogens is 5. The molecule has 162 valence electrons. The van der Waals surface area contributed by atoms with E-state index in [-0.39, 0.29) is 23.2 Å². The zero-order valence-electron chi connectivity index (χ0n) is 15.1. The molecule has 0 aliphatic heterocycles. The van der Waals surface area contributed by atoms with Gasteiger partial charge in [0.05, 0.1) is 16.7 Å². The minimum atomic E-state index is -5.02. The van der Waals surface area contributed by atoms with Crippen LogP contribution in [0.5, 0.6) is 0 Å². The van der Waals surface area contributed by atoms with E-state index in [4.69, 9.17) is 11.5 Å². The van der Waals surface area contributed by atoms with Gasteiger partial charge in [-0.15, -0.1) is 5.10 Å². The molecule has 2 heterocycles. The number of amides is 1. The molecule has 1 amide bonds. The molecule has 3 aromatic rings. The molecule has 0 bridgehead atoms. The van der Waals surface area contributed by atoms with E-state index in [9.17, 15) is 31.1 Å². The molecule has 0 spiro atoms. The van der Waals surface area contributed by atoms with Gasteiger partial charge in [0, 0.05) is 29.7 Å². The smallest absolute Gasteiger partial charge is 0.368 e. The Kier molecular flexibility index (Phi) is 5.40. The highest BCUT2D eigenvalue weighted by Crippen LogP contribution is 2.38. The minimum absolute atomic E-state index is 0.00725. The third-order valence-corrected chi connectivity index (χ3v) is 3.86. The number of hydrogen-bond donors (Lipinski definition) is 2. The van der Waals surface area contributed by atoms with Crippen molar-refractivity contribution in [3.8, 4) is 11.4 Å². The van der Waals surface area contributed by atoms with Gasteiger partial charge >= 0.3 is 12.4 Å². The number of carbonyl (C=O) groups is 1. The summed E-state index contributed by atoms with van der Waals surface area (Å²) in [6.07, 6.45) is -5.62. The van der Waals surface area contributed by atoms with Gasteiger partial charge in [0.2, 0.25) is 5.95 Å². The summed E-state index contributed by atoms with van der Waals surface area (Å²) in [5.41, 5.74) is 7.11. The molecule has 4 N–H and O–H groups in total. The lowest BCUT2D eigenvalue weighted by atomic mass is 10.0. The Morgan fingerprint density at radius 3 is 1.97 bits per heavy atom. The molecule has 1 aromatic carbocycles. The first-order valence-corrected chi connectivity index (χ1v) is 8.15. The van der Waals surface area contributed by atoms with Crippen molar-refractivity contribution in [3.05, 3.63) is 53.6 Å². The van der Waals surface area contributed by atoms with Gasteiger partial charge in [0.15, 0.2) is 5.82 Å². The van der Waals surface area contributed by atoms with Gasteiger partial charge in [0.1, 0.15) is 6.33 Å². The van der Waals surface area contributed by atoms with Crippen LogP contribution >= 0.6 is 0 Å². The number of alkyl halides is 6. The normalized spacial score (nSPS) is 12.8. The van der Waals surface area contributed by atoms with E-state index in [0.717, 1.165) is 17.2 Å². The van der Waals surface area contributed by atoms with E-state index in [1.165, 1.54) is 12.4 Å². The fraction of sp³-hybridized carbons (Fsp3) is 0.118. The SMILES string of the molecule is NC(=O)/C(=C/n1cnc(-c2cc(C(F)(F)F)cc(C(F)(F)F)c2)n1)c1cnc(N)nc1. The number of nitrogens with two attached hydrogens (primary N) is 2. The van der Waals surface area contributed by atoms with Crippen molar-refractivity contribution < 1.29 is 31.1 Å². The van der Waals surface area contributed by atoms with Crippen molar-refractivity contribution in [2.24, 2.45) is 5.73 Å². The third kappa shape index (κ3) is 4.96. The van der Waals surface area contributed by atoms with Gasteiger partial charge in [-0.05, 0) is 18.2 Å².